The Bertz CT molecular complexity index is 838. The second kappa shape index (κ2) is 7.83. The molecule has 0 aliphatic carbocycles. The molecule has 3 rings (SSSR count). The molecule has 0 saturated carbocycles. The molecule has 26 heavy (non-hydrogen) atoms. The van der Waals surface area contributed by atoms with Gasteiger partial charge in [-0.15, -0.1) is 11.8 Å². The maximum absolute atomic E-state index is 12.9. The number of amides is 2. The van der Waals surface area contributed by atoms with E-state index in [1.54, 1.807) is 18.0 Å². The average Bonchev–Trinajstić information content (AvgIpc) is 2.65. The summed E-state index contributed by atoms with van der Waals surface area (Å²) in [6, 6.07) is 13.5. The zero-order chi connectivity index (χ0) is 18.7. The number of hydrogen-bond acceptors (Lipinski definition) is 4. The van der Waals surface area contributed by atoms with Gasteiger partial charge in [-0.2, -0.15) is 0 Å². The van der Waals surface area contributed by atoms with Gasteiger partial charge in [0.2, 0.25) is 5.91 Å². The van der Waals surface area contributed by atoms with Crippen LogP contribution in [0.2, 0.25) is 0 Å². The minimum Gasteiger partial charge on any atom is -0.477 e. The van der Waals surface area contributed by atoms with Crippen molar-refractivity contribution in [3.05, 3.63) is 53.6 Å². The fourth-order valence-electron chi connectivity index (χ4n) is 2.95. The van der Waals surface area contributed by atoms with E-state index in [0.717, 1.165) is 10.5 Å². The topological polar surface area (TPSA) is 58.6 Å². The highest BCUT2D eigenvalue weighted by molar-refractivity contribution is 8.00. The van der Waals surface area contributed by atoms with E-state index in [-0.39, 0.29) is 18.4 Å². The monoisotopic (exact) mass is 370 g/mol. The summed E-state index contributed by atoms with van der Waals surface area (Å²) in [7, 11) is 1.56. The average molecular weight is 370 g/mol. The van der Waals surface area contributed by atoms with Gasteiger partial charge in [-0.1, -0.05) is 29.8 Å². The normalized spacial score (nSPS) is 15.8. The zero-order valence-electron chi connectivity index (χ0n) is 15.1. The fourth-order valence-corrected chi connectivity index (χ4v) is 3.83. The minimum absolute atomic E-state index is 0.0420. The molecule has 5 nitrogen and oxygen atoms in total. The number of anilines is 1. The summed E-state index contributed by atoms with van der Waals surface area (Å²) < 4.78 is 5.75. The molecule has 6 heteroatoms. The molecular weight excluding hydrogens is 348 g/mol. The molecule has 0 radical (unpaired) electrons. The molecule has 1 aliphatic rings. The van der Waals surface area contributed by atoms with E-state index in [0.29, 0.717) is 17.2 Å². The van der Waals surface area contributed by atoms with Crippen molar-refractivity contribution in [2.45, 2.75) is 24.8 Å². The van der Waals surface area contributed by atoms with Crippen molar-refractivity contribution in [3.8, 4) is 5.75 Å². The number of aryl methyl sites for hydroxylation is 2. The van der Waals surface area contributed by atoms with E-state index in [2.05, 4.69) is 18.3 Å². The van der Waals surface area contributed by atoms with Crippen molar-refractivity contribution in [1.29, 1.82) is 0 Å². The Hall–Kier alpha value is -2.47. The molecule has 0 aromatic heterocycles. The lowest BCUT2D eigenvalue weighted by Crippen LogP contribution is -2.50. The van der Waals surface area contributed by atoms with Crippen LogP contribution in [-0.4, -0.2) is 37.3 Å². The predicted octanol–water partition coefficient (Wildman–Crippen LogP) is 2.94. The molecule has 1 atom stereocenters. The number of likely N-dealkylation sites (N-methyl/N-ethyl adjacent to an activating group) is 1. The Morgan fingerprint density at radius 1 is 1.23 bits per heavy atom. The number of benzene rings is 2. The van der Waals surface area contributed by atoms with Gasteiger partial charge in [0.25, 0.3) is 5.91 Å². The maximum Gasteiger partial charge on any atom is 0.262 e. The van der Waals surface area contributed by atoms with Crippen LogP contribution in [0.1, 0.15) is 11.1 Å². The van der Waals surface area contributed by atoms with E-state index in [1.165, 1.54) is 17.3 Å². The van der Waals surface area contributed by atoms with Crippen LogP contribution >= 0.6 is 11.8 Å². The SMILES string of the molecule is CNC(=O)[C@@H]1CN(C(=O)CSc2ccc(C)cc2C)c2ccccc2O1. The van der Waals surface area contributed by atoms with Crippen molar-refractivity contribution in [3.63, 3.8) is 0 Å². The Morgan fingerprint density at radius 2 is 2.00 bits per heavy atom. The fraction of sp³-hybridized carbons (Fsp3) is 0.300. The first-order chi connectivity index (χ1) is 12.5. The number of rotatable bonds is 4. The van der Waals surface area contributed by atoms with Crippen LogP contribution in [0.5, 0.6) is 5.75 Å². The zero-order valence-corrected chi connectivity index (χ0v) is 15.9. The van der Waals surface area contributed by atoms with Crippen molar-refractivity contribution >= 4 is 29.3 Å². The van der Waals surface area contributed by atoms with Gasteiger partial charge in [-0.05, 0) is 37.6 Å². The molecule has 1 aliphatic heterocycles. The van der Waals surface area contributed by atoms with Gasteiger partial charge in [0.05, 0.1) is 18.0 Å². The highest BCUT2D eigenvalue weighted by Gasteiger charge is 2.33. The Balaban J connectivity index is 1.77. The van der Waals surface area contributed by atoms with E-state index in [1.807, 2.05) is 37.3 Å². The first kappa shape index (κ1) is 18.3. The molecule has 0 saturated heterocycles. The van der Waals surface area contributed by atoms with Gasteiger partial charge >= 0.3 is 0 Å². The standard InChI is InChI=1S/C20H22N2O3S/c1-13-8-9-18(14(2)10-13)26-12-19(23)22-11-17(20(24)21-3)25-16-7-5-4-6-15(16)22/h4-10,17H,11-12H2,1-3H3,(H,21,24)/t17-/m0/s1. The van der Waals surface area contributed by atoms with Gasteiger partial charge in [-0.3, -0.25) is 9.59 Å². The van der Waals surface area contributed by atoms with Crippen molar-refractivity contribution in [1.82, 2.24) is 5.32 Å². The Morgan fingerprint density at radius 3 is 2.73 bits per heavy atom. The smallest absolute Gasteiger partial charge is 0.262 e. The number of hydrogen-bond donors (Lipinski definition) is 1. The van der Waals surface area contributed by atoms with Crippen LogP contribution in [0.3, 0.4) is 0 Å². The second-order valence-electron chi connectivity index (χ2n) is 6.25. The predicted molar refractivity (Wildman–Crippen MR) is 104 cm³/mol. The minimum atomic E-state index is -0.704. The lowest BCUT2D eigenvalue weighted by atomic mass is 10.2. The summed E-state index contributed by atoms with van der Waals surface area (Å²) in [4.78, 5) is 27.6. The number of thioether (sulfide) groups is 1. The molecule has 0 unspecified atom stereocenters. The number of carbonyl (C=O) groups is 2. The third kappa shape index (κ3) is 3.85. The first-order valence-electron chi connectivity index (χ1n) is 8.47. The third-order valence-electron chi connectivity index (χ3n) is 4.30. The maximum atomic E-state index is 12.9. The van der Waals surface area contributed by atoms with Crippen LogP contribution in [0.15, 0.2) is 47.4 Å². The van der Waals surface area contributed by atoms with Crippen LogP contribution in [0, 0.1) is 13.8 Å². The Kier molecular flexibility index (Phi) is 5.52. The Labute approximate surface area is 157 Å². The highest BCUT2D eigenvalue weighted by atomic mass is 32.2. The quantitative estimate of drug-likeness (QED) is 0.841. The van der Waals surface area contributed by atoms with Crippen LogP contribution in [0.25, 0.3) is 0 Å². The third-order valence-corrected chi connectivity index (χ3v) is 5.46. The summed E-state index contributed by atoms with van der Waals surface area (Å²) >= 11 is 1.51. The highest BCUT2D eigenvalue weighted by Crippen LogP contribution is 2.34. The number of ether oxygens (including phenoxy) is 1. The van der Waals surface area contributed by atoms with Crippen LogP contribution in [-0.2, 0) is 9.59 Å². The van der Waals surface area contributed by atoms with Crippen molar-refractivity contribution in [2.75, 3.05) is 24.2 Å². The molecule has 1 N–H and O–H groups in total. The number of fused-ring (bicyclic) bond motifs is 1. The molecule has 136 valence electrons. The van der Waals surface area contributed by atoms with Gasteiger partial charge < -0.3 is 15.0 Å². The number of nitrogens with one attached hydrogen (secondary N) is 1. The molecule has 0 bridgehead atoms. The lowest BCUT2D eigenvalue weighted by Gasteiger charge is -2.34. The second-order valence-corrected chi connectivity index (χ2v) is 7.27. The van der Waals surface area contributed by atoms with Crippen molar-refractivity contribution < 1.29 is 14.3 Å². The first-order valence-corrected chi connectivity index (χ1v) is 9.46. The van der Waals surface area contributed by atoms with E-state index >= 15 is 0 Å². The lowest BCUT2D eigenvalue weighted by molar-refractivity contribution is -0.127. The molecule has 0 spiro atoms. The molecule has 2 amide bonds. The number of nitrogens with zero attached hydrogens (tertiary/aromatic N) is 1. The summed E-state index contributed by atoms with van der Waals surface area (Å²) in [5.74, 6) is 0.579. The number of carbonyl (C=O) groups excluding carboxylic acids is 2. The van der Waals surface area contributed by atoms with Gasteiger partial charge in [0.1, 0.15) is 5.75 Å². The molecule has 2 aromatic carbocycles. The molecule has 1 heterocycles. The summed E-state index contributed by atoms with van der Waals surface area (Å²) in [6.07, 6.45) is -0.704. The van der Waals surface area contributed by atoms with E-state index in [9.17, 15) is 9.59 Å². The molecular formula is C20H22N2O3S. The van der Waals surface area contributed by atoms with Gasteiger partial charge in [0.15, 0.2) is 6.10 Å². The van der Waals surface area contributed by atoms with E-state index in [4.69, 9.17) is 4.74 Å². The molecule has 0 fully saturated rings. The van der Waals surface area contributed by atoms with Gasteiger partial charge in [-0.25, -0.2) is 0 Å². The van der Waals surface area contributed by atoms with Crippen LogP contribution in [0.4, 0.5) is 5.69 Å². The van der Waals surface area contributed by atoms with Gasteiger partial charge in [0, 0.05) is 11.9 Å². The summed E-state index contributed by atoms with van der Waals surface area (Å²) in [5.41, 5.74) is 3.07. The molecule has 2 aromatic rings. The van der Waals surface area contributed by atoms with Crippen LogP contribution < -0.4 is 15.0 Å². The largest absolute Gasteiger partial charge is 0.477 e. The summed E-state index contributed by atoms with van der Waals surface area (Å²) in [6.45, 7) is 4.31. The number of para-hydroxylation sites is 2. The van der Waals surface area contributed by atoms with E-state index < -0.39 is 6.10 Å². The summed E-state index contributed by atoms with van der Waals surface area (Å²) in [5, 5.41) is 2.59. The van der Waals surface area contributed by atoms with Crippen molar-refractivity contribution in [2.24, 2.45) is 0 Å².